The molecular weight excluding hydrogens is 278 g/mol. The van der Waals surface area contributed by atoms with E-state index in [1.165, 1.54) is 8.99 Å². The van der Waals surface area contributed by atoms with Crippen LogP contribution in [-0.2, 0) is 17.1 Å². The number of halogens is 1. The van der Waals surface area contributed by atoms with Crippen molar-refractivity contribution in [1.82, 2.24) is 14.1 Å². The molecule has 6 nitrogen and oxygen atoms in total. The van der Waals surface area contributed by atoms with Crippen molar-refractivity contribution in [2.24, 2.45) is 7.05 Å². The first-order chi connectivity index (χ1) is 8.34. The van der Waals surface area contributed by atoms with Crippen LogP contribution in [0, 0.1) is 6.92 Å². The van der Waals surface area contributed by atoms with E-state index in [1.54, 1.807) is 14.0 Å². The Morgan fingerprint density at radius 1 is 1.39 bits per heavy atom. The summed E-state index contributed by atoms with van der Waals surface area (Å²) in [6.07, 6.45) is 0.494. The van der Waals surface area contributed by atoms with Gasteiger partial charge in [-0.1, -0.05) is 11.6 Å². The molecule has 0 spiro atoms. The molecule has 0 aromatic carbocycles. The monoisotopic (exact) mass is 293 g/mol. The Hall–Kier alpha value is -0.630. The molecule has 18 heavy (non-hydrogen) atoms. The Kier molecular flexibility index (Phi) is 3.68. The molecule has 1 N–H and O–H groups in total. The molecule has 1 saturated heterocycles. The van der Waals surface area contributed by atoms with Crippen molar-refractivity contribution in [2.75, 3.05) is 13.1 Å². The fourth-order valence-corrected chi connectivity index (χ4v) is 4.29. The van der Waals surface area contributed by atoms with E-state index in [0.29, 0.717) is 31.6 Å². The smallest absolute Gasteiger partial charge is 0.248 e. The van der Waals surface area contributed by atoms with Gasteiger partial charge in [0.1, 0.15) is 10.0 Å². The molecule has 1 aliphatic rings. The Balaban J connectivity index is 2.37. The van der Waals surface area contributed by atoms with Gasteiger partial charge in [0, 0.05) is 20.1 Å². The fourth-order valence-electron chi connectivity index (χ4n) is 2.12. The average molecular weight is 294 g/mol. The van der Waals surface area contributed by atoms with Gasteiger partial charge in [0.15, 0.2) is 0 Å². The van der Waals surface area contributed by atoms with E-state index < -0.39 is 16.1 Å². The standard InChI is InChI=1S/C10H16ClN3O3S/c1-7-9(10(11)13(2)12-7)18(16,17)14-5-3-8(15)4-6-14/h8,15H,3-6H2,1-2H3. The van der Waals surface area contributed by atoms with Crippen LogP contribution in [0.15, 0.2) is 4.90 Å². The molecule has 0 bridgehead atoms. The summed E-state index contributed by atoms with van der Waals surface area (Å²) in [4.78, 5) is 0.0723. The number of aliphatic hydroxyl groups is 1. The molecule has 102 valence electrons. The summed E-state index contributed by atoms with van der Waals surface area (Å²) in [5.41, 5.74) is 0.397. The second-order valence-electron chi connectivity index (χ2n) is 4.46. The van der Waals surface area contributed by atoms with Crippen LogP contribution in [0.5, 0.6) is 0 Å². The lowest BCUT2D eigenvalue weighted by molar-refractivity contribution is 0.113. The highest BCUT2D eigenvalue weighted by Gasteiger charge is 2.33. The molecule has 1 aromatic rings. The molecule has 0 saturated carbocycles. The lowest BCUT2D eigenvalue weighted by Gasteiger charge is -2.28. The topological polar surface area (TPSA) is 75.4 Å². The molecule has 0 atom stereocenters. The molecule has 1 aromatic heterocycles. The molecule has 0 unspecified atom stereocenters. The Bertz CT molecular complexity index is 547. The third kappa shape index (κ3) is 2.27. The number of aryl methyl sites for hydroxylation is 2. The maximum atomic E-state index is 12.5. The maximum absolute atomic E-state index is 12.5. The highest BCUT2D eigenvalue weighted by atomic mass is 35.5. The van der Waals surface area contributed by atoms with Crippen LogP contribution in [0.1, 0.15) is 18.5 Å². The normalized spacial score (nSPS) is 19.3. The van der Waals surface area contributed by atoms with E-state index in [0.717, 1.165) is 0 Å². The molecule has 1 aliphatic heterocycles. The molecule has 0 radical (unpaired) electrons. The van der Waals surface area contributed by atoms with Crippen LogP contribution in [0.4, 0.5) is 0 Å². The molecule has 8 heteroatoms. The minimum absolute atomic E-state index is 0.0723. The van der Waals surface area contributed by atoms with Gasteiger partial charge < -0.3 is 5.11 Å². The number of sulfonamides is 1. The average Bonchev–Trinajstić information content (AvgIpc) is 2.54. The predicted octanol–water partition coefficient (Wildman–Crippen LogP) is 0.527. The molecule has 1 fully saturated rings. The van der Waals surface area contributed by atoms with Crippen molar-refractivity contribution < 1.29 is 13.5 Å². The summed E-state index contributed by atoms with van der Waals surface area (Å²) in [5.74, 6) is 0. The van der Waals surface area contributed by atoms with Crippen LogP contribution in [0.3, 0.4) is 0 Å². The van der Waals surface area contributed by atoms with E-state index in [-0.39, 0.29) is 10.0 Å². The minimum Gasteiger partial charge on any atom is -0.393 e. The van der Waals surface area contributed by atoms with Crippen molar-refractivity contribution in [3.63, 3.8) is 0 Å². The van der Waals surface area contributed by atoms with Crippen LogP contribution < -0.4 is 0 Å². The predicted molar refractivity (Wildman–Crippen MR) is 67.0 cm³/mol. The van der Waals surface area contributed by atoms with E-state index in [4.69, 9.17) is 11.6 Å². The number of hydrogen-bond acceptors (Lipinski definition) is 4. The van der Waals surface area contributed by atoms with Gasteiger partial charge in [0.2, 0.25) is 10.0 Å². The summed E-state index contributed by atoms with van der Waals surface area (Å²) < 4.78 is 27.6. The van der Waals surface area contributed by atoms with Crippen LogP contribution >= 0.6 is 11.6 Å². The van der Waals surface area contributed by atoms with Gasteiger partial charge in [-0.25, -0.2) is 8.42 Å². The number of aliphatic hydroxyl groups excluding tert-OH is 1. The maximum Gasteiger partial charge on any atom is 0.248 e. The highest BCUT2D eigenvalue weighted by Crippen LogP contribution is 2.28. The van der Waals surface area contributed by atoms with Crippen LogP contribution in [0.25, 0.3) is 0 Å². The van der Waals surface area contributed by atoms with Crippen molar-refractivity contribution in [1.29, 1.82) is 0 Å². The van der Waals surface area contributed by atoms with Gasteiger partial charge in [0.25, 0.3) is 0 Å². The minimum atomic E-state index is -3.62. The Morgan fingerprint density at radius 3 is 2.39 bits per heavy atom. The first-order valence-corrected chi connectivity index (χ1v) is 7.53. The Morgan fingerprint density at radius 2 is 1.94 bits per heavy atom. The summed E-state index contributed by atoms with van der Waals surface area (Å²) >= 11 is 5.99. The zero-order valence-electron chi connectivity index (χ0n) is 10.3. The third-order valence-electron chi connectivity index (χ3n) is 3.12. The second kappa shape index (κ2) is 4.80. The largest absolute Gasteiger partial charge is 0.393 e. The summed E-state index contributed by atoms with van der Waals surface area (Å²) in [6.45, 7) is 2.25. The van der Waals surface area contributed by atoms with Crippen molar-refractivity contribution in [3.8, 4) is 0 Å². The quantitative estimate of drug-likeness (QED) is 0.863. The zero-order valence-corrected chi connectivity index (χ0v) is 11.9. The van der Waals surface area contributed by atoms with Gasteiger partial charge in [0.05, 0.1) is 11.8 Å². The van der Waals surface area contributed by atoms with E-state index >= 15 is 0 Å². The van der Waals surface area contributed by atoms with Crippen molar-refractivity contribution >= 4 is 21.6 Å². The van der Waals surface area contributed by atoms with E-state index in [2.05, 4.69) is 5.10 Å². The summed E-state index contributed by atoms with van der Waals surface area (Å²) in [5, 5.41) is 13.6. The van der Waals surface area contributed by atoms with E-state index in [9.17, 15) is 13.5 Å². The SMILES string of the molecule is Cc1nn(C)c(Cl)c1S(=O)(=O)N1CCC(O)CC1. The van der Waals surface area contributed by atoms with Gasteiger partial charge >= 0.3 is 0 Å². The molecule has 2 heterocycles. The molecular formula is C10H16ClN3O3S. The van der Waals surface area contributed by atoms with Crippen LogP contribution in [0.2, 0.25) is 5.15 Å². The van der Waals surface area contributed by atoms with Gasteiger partial charge in [-0.3, -0.25) is 4.68 Å². The Labute approximate surface area is 111 Å². The molecule has 0 amide bonds. The van der Waals surface area contributed by atoms with Gasteiger partial charge in [-0.05, 0) is 19.8 Å². The van der Waals surface area contributed by atoms with Gasteiger partial charge in [-0.15, -0.1) is 0 Å². The highest BCUT2D eigenvalue weighted by molar-refractivity contribution is 7.89. The number of piperidine rings is 1. The summed E-state index contributed by atoms with van der Waals surface area (Å²) in [6, 6.07) is 0. The van der Waals surface area contributed by atoms with Gasteiger partial charge in [-0.2, -0.15) is 9.40 Å². The third-order valence-corrected chi connectivity index (χ3v) is 5.72. The number of rotatable bonds is 2. The molecule has 0 aliphatic carbocycles. The zero-order chi connectivity index (χ0) is 13.5. The first kappa shape index (κ1) is 13.8. The first-order valence-electron chi connectivity index (χ1n) is 5.71. The summed E-state index contributed by atoms with van der Waals surface area (Å²) in [7, 11) is -2.01. The lowest BCUT2D eigenvalue weighted by atomic mass is 10.1. The van der Waals surface area contributed by atoms with E-state index in [1.807, 2.05) is 0 Å². The molecule has 2 rings (SSSR count). The van der Waals surface area contributed by atoms with Crippen LogP contribution in [-0.4, -0.2) is 46.8 Å². The number of aromatic nitrogens is 2. The number of hydrogen-bond donors (Lipinski definition) is 1. The second-order valence-corrected chi connectivity index (χ2v) is 6.70. The van der Waals surface area contributed by atoms with Crippen molar-refractivity contribution in [3.05, 3.63) is 10.8 Å². The number of nitrogens with zero attached hydrogens (tertiary/aromatic N) is 3. The van der Waals surface area contributed by atoms with Crippen molar-refractivity contribution in [2.45, 2.75) is 30.8 Å². The fraction of sp³-hybridized carbons (Fsp3) is 0.700. The lowest BCUT2D eigenvalue weighted by Crippen LogP contribution is -2.40.